The molecular weight excluding hydrogens is 297 g/mol. The van der Waals surface area contributed by atoms with Crippen molar-refractivity contribution in [3.05, 3.63) is 65.5 Å². The van der Waals surface area contributed by atoms with Crippen LogP contribution in [0.5, 0.6) is 0 Å². The minimum Gasteiger partial charge on any atom is -0.452 e. The first-order valence-corrected chi connectivity index (χ1v) is 7.25. The van der Waals surface area contributed by atoms with E-state index < -0.39 is 18.0 Å². The topological polar surface area (TPSA) is 55.4 Å². The molecule has 0 saturated heterocycles. The molecule has 23 heavy (non-hydrogen) atoms. The lowest BCUT2D eigenvalue weighted by Crippen LogP contribution is -2.30. The summed E-state index contributed by atoms with van der Waals surface area (Å²) in [6.45, 7) is 3.45. The monoisotopic (exact) mass is 315 g/mol. The fourth-order valence-electron chi connectivity index (χ4n) is 1.94. The van der Waals surface area contributed by atoms with Crippen molar-refractivity contribution in [1.82, 2.24) is 0 Å². The molecule has 0 radical (unpaired) electrons. The molecule has 0 aromatic heterocycles. The van der Waals surface area contributed by atoms with Crippen LogP contribution in [0.4, 0.5) is 10.1 Å². The van der Waals surface area contributed by atoms with E-state index in [0.717, 1.165) is 11.1 Å². The van der Waals surface area contributed by atoms with Crippen molar-refractivity contribution >= 4 is 17.6 Å². The van der Waals surface area contributed by atoms with Crippen LogP contribution in [0.15, 0.2) is 48.5 Å². The van der Waals surface area contributed by atoms with Gasteiger partial charge in [-0.15, -0.1) is 0 Å². The lowest BCUT2D eigenvalue weighted by Gasteiger charge is -2.13. The number of ether oxygens (including phenoxy) is 1. The molecule has 1 atom stereocenters. The lowest BCUT2D eigenvalue weighted by atomic mass is 10.1. The van der Waals surface area contributed by atoms with E-state index in [9.17, 15) is 14.0 Å². The van der Waals surface area contributed by atoms with E-state index in [0.29, 0.717) is 5.69 Å². The second-order valence-corrected chi connectivity index (χ2v) is 5.29. The molecule has 0 spiro atoms. The number of hydrogen-bond acceptors (Lipinski definition) is 3. The number of carbonyl (C=O) groups is 2. The Hall–Kier alpha value is -2.69. The number of carbonyl (C=O) groups excluding carboxylic acids is 2. The summed E-state index contributed by atoms with van der Waals surface area (Å²) in [7, 11) is 0. The molecule has 0 fully saturated rings. The van der Waals surface area contributed by atoms with Crippen LogP contribution < -0.4 is 5.32 Å². The van der Waals surface area contributed by atoms with Gasteiger partial charge in [0.2, 0.25) is 0 Å². The summed E-state index contributed by atoms with van der Waals surface area (Å²) in [5.74, 6) is -1.33. The first kappa shape index (κ1) is 16.7. The second kappa shape index (κ2) is 7.54. The maximum atomic E-state index is 12.8. The number of nitrogens with one attached hydrogen (secondary N) is 1. The number of esters is 1. The highest BCUT2D eigenvalue weighted by Crippen LogP contribution is 2.10. The molecular formula is C18H18FNO3. The van der Waals surface area contributed by atoms with Crippen molar-refractivity contribution in [1.29, 1.82) is 0 Å². The summed E-state index contributed by atoms with van der Waals surface area (Å²) in [5.41, 5.74) is 2.37. The molecule has 0 aliphatic carbocycles. The minimum absolute atomic E-state index is 0.106. The Kier molecular flexibility index (Phi) is 5.46. The molecule has 2 aromatic carbocycles. The van der Waals surface area contributed by atoms with E-state index in [1.165, 1.54) is 31.2 Å². The van der Waals surface area contributed by atoms with Crippen LogP contribution in [-0.2, 0) is 20.7 Å². The SMILES string of the molecule is Cc1ccc(CC(=O)O[C@H](C)C(=O)Nc2ccc(F)cc2)cc1. The summed E-state index contributed by atoms with van der Waals surface area (Å²) in [5, 5.41) is 2.56. The van der Waals surface area contributed by atoms with Crippen LogP contribution in [0, 0.1) is 12.7 Å². The molecule has 0 unspecified atom stereocenters. The normalized spacial score (nSPS) is 11.6. The molecule has 2 aromatic rings. The number of aryl methyl sites for hydroxylation is 1. The molecule has 1 amide bonds. The van der Waals surface area contributed by atoms with Crippen LogP contribution in [0.3, 0.4) is 0 Å². The molecule has 120 valence electrons. The van der Waals surface area contributed by atoms with Crippen molar-refractivity contribution in [2.24, 2.45) is 0 Å². The number of benzene rings is 2. The highest BCUT2D eigenvalue weighted by Gasteiger charge is 2.18. The van der Waals surface area contributed by atoms with Crippen LogP contribution in [0.1, 0.15) is 18.1 Å². The van der Waals surface area contributed by atoms with Crippen LogP contribution in [-0.4, -0.2) is 18.0 Å². The largest absolute Gasteiger partial charge is 0.452 e. The van der Waals surface area contributed by atoms with Crippen molar-refractivity contribution < 1.29 is 18.7 Å². The van der Waals surface area contributed by atoms with Gasteiger partial charge >= 0.3 is 5.97 Å². The predicted molar refractivity (Wildman–Crippen MR) is 85.5 cm³/mol. The molecule has 0 saturated carbocycles. The minimum atomic E-state index is -0.932. The van der Waals surface area contributed by atoms with E-state index in [-0.39, 0.29) is 12.2 Å². The quantitative estimate of drug-likeness (QED) is 0.862. The molecule has 2 rings (SSSR count). The summed E-state index contributed by atoms with van der Waals surface area (Å²) in [6.07, 6.45) is -0.827. The number of rotatable bonds is 5. The Morgan fingerprint density at radius 2 is 1.70 bits per heavy atom. The van der Waals surface area contributed by atoms with Gasteiger partial charge in [0, 0.05) is 5.69 Å². The molecule has 0 heterocycles. The van der Waals surface area contributed by atoms with Gasteiger partial charge in [0.15, 0.2) is 6.10 Å². The fourth-order valence-corrected chi connectivity index (χ4v) is 1.94. The first-order chi connectivity index (χ1) is 10.9. The van der Waals surface area contributed by atoms with E-state index in [4.69, 9.17) is 4.74 Å². The van der Waals surface area contributed by atoms with Gasteiger partial charge in [-0.05, 0) is 43.7 Å². The van der Waals surface area contributed by atoms with Crippen LogP contribution in [0.2, 0.25) is 0 Å². The van der Waals surface area contributed by atoms with Gasteiger partial charge in [-0.25, -0.2) is 4.39 Å². The van der Waals surface area contributed by atoms with Gasteiger partial charge in [-0.2, -0.15) is 0 Å². The third-order valence-corrected chi connectivity index (χ3v) is 3.26. The summed E-state index contributed by atoms with van der Waals surface area (Å²) < 4.78 is 17.9. The van der Waals surface area contributed by atoms with Gasteiger partial charge in [-0.3, -0.25) is 9.59 Å². The smallest absolute Gasteiger partial charge is 0.311 e. The van der Waals surface area contributed by atoms with E-state index in [1.807, 2.05) is 31.2 Å². The standard InChI is InChI=1S/C18H18FNO3/c1-12-3-5-14(6-4-12)11-17(21)23-13(2)18(22)20-16-9-7-15(19)8-10-16/h3-10,13H,11H2,1-2H3,(H,20,22)/t13-/m1/s1. The maximum absolute atomic E-state index is 12.8. The number of anilines is 1. The highest BCUT2D eigenvalue weighted by molar-refractivity contribution is 5.95. The fraction of sp³-hybridized carbons (Fsp3) is 0.222. The second-order valence-electron chi connectivity index (χ2n) is 5.29. The van der Waals surface area contributed by atoms with Crippen molar-refractivity contribution in [3.63, 3.8) is 0 Å². The molecule has 0 bridgehead atoms. The average Bonchev–Trinajstić information content (AvgIpc) is 2.51. The van der Waals surface area contributed by atoms with E-state index in [2.05, 4.69) is 5.32 Å². The van der Waals surface area contributed by atoms with Gasteiger partial charge in [-0.1, -0.05) is 29.8 Å². The lowest BCUT2D eigenvalue weighted by molar-refractivity contribution is -0.152. The summed E-state index contributed by atoms with van der Waals surface area (Å²) >= 11 is 0. The van der Waals surface area contributed by atoms with Gasteiger partial charge in [0.25, 0.3) is 5.91 Å². The number of amides is 1. The Morgan fingerprint density at radius 3 is 2.30 bits per heavy atom. The van der Waals surface area contributed by atoms with Crippen molar-refractivity contribution in [3.8, 4) is 0 Å². The van der Waals surface area contributed by atoms with Crippen LogP contribution >= 0.6 is 0 Å². The molecule has 5 heteroatoms. The summed E-state index contributed by atoms with van der Waals surface area (Å²) in [6, 6.07) is 12.9. The average molecular weight is 315 g/mol. The molecule has 0 aliphatic rings. The Bertz CT molecular complexity index is 680. The first-order valence-electron chi connectivity index (χ1n) is 7.25. The maximum Gasteiger partial charge on any atom is 0.311 e. The summed E-state index contributed by atoms with van der Waals surface area (Å²) in [4.78, 5) is 23.8. The van der Waals surface area contributed by atoms with E-state index in [1.54, 1.807) is 0 Å². The van der Waals surface area contributed by atoms with Gasteiger partial charge < -0.3 is 10.1 Å². The Balaban J connectivity index is 1.86. The number of halogens is 1. The molecule has 4 nitrogen and oxygen atoms in total. The highest BCUT2D eigenvalue weighted by atomic mass is 19.1. The Morgan fingerprint density at radius 1 is 1.09 bits per heavy atom. The van der Waals surface area contributed by atoms with E-state index >= 15 is 0 Å². The molecule has 0 aliphatic heterocycles. The van der Waals surface area contributed by atoms with Gasteiger partial charge in [0.05, 0.1) is 6.42 Å². The zero-order valence-corrected chi connectivity index (χ0v) is 13.0. The zero-order chi connectivity index (χ0) is 16.8. The van der Waals surface area contributed by atoms with Crippen molar-refractivity contribution in [2.75, 3.05) is 5.32 Å². The van der Waals surface area contributed by atoms with Gasteiger partial charge in [0.1, 0.15) is 5.82 Å². The number of hydrogen-bond donors (Lipinski definition) is 1. The van der Waals surface area contributed by atoms with Crippen LogP contribution in [0.25, 0.3) is 0 Å². The third kappa shape index (κ3) is 5.21. The third-order valence-electron chi connectivity index (χ3n) is 3.26. The zero-order valence-electron chi connectivity index (χ0n) is 13.0. The molecule has 1 N–H and O–H groups in total. The predicted octanol–water partition coefficient (Wildman–Crippen LogP) is 3.25. The Labute approximate surface area is 134 Å². The van der Waals surface area contributed by atoms with Crippen molar-refractivity contribution in [2.45, 2.75) is 26.4 Å².